The summed E-state index contributed by atoms with van der Waals surface area (Å²) in [4.78, 5) is 15.1. The molecule has 0 bridgehead atoms. The Hall–Kier alpha value is -2.08. The fraction of sp³-hybridized carbons (Fsp3) is 0.421. The van der Waals surface area contributed by atoms with Crippen molar-refractivity contribution in [2.75, 3.05) is 17.4 Å². The topological polar surface area (TPSA) is 57.7 Å². The van der Waals surface area contributed by atoms with Crippen molar-refractivity contribution in [3.05, 3.63) is 36.4 Å². The number of hydrogen-bond acceptors (Lipinski definition) is 3. The lowest BCUT2D eigenvalue weighted by atomic mass is 10.00. The largest absolute Gasteiger partial charge is 0.338 e. The molecule has 132 valence electrons. The van der Waals surface area contributed by atoms with Crippen LogP contribution in [0.5, 0.6) is 0 Å². The van der Waals surface area contributed by atoms with E-state index in [1.165, 1.54) is 4.31 Å². The van der Waals surface area contributed by atoms with E-state index in [1.54, 1.807) is 18.2 Å². The number of amides is 1. The number of sulfonamides is 1. The van der Waals surface area contributed by atoms with Crippen LogP contribution in [0.3, 0.4) is 0 Å². The van der Waals surface area contributed by atoms with Gasteiger partial charge in [-0.3, -0.25) is 9.10 Å². The van der Waals surface area contributed by atoms with Crippen LogP contribution in [0.1, 0.15) is 32.6 Å². The molecule has 0 spiro atoms. The van der Waals surface area contributed by atoms with Gasteiger partial charge in [0, 0.05) is 18.0 Å². The summed E-state index contributed by atoms with van der Waals surface area (Å²) in [7, 11) is -3.67. The van der Waals surface area contributed by atoms with E-state index in [0.29, 0.717) is 10.6 Å². The Kier molecular flexibility index (Phi) is 3.95. The molecular weight excluding hydrogens is 336 g/mol. The standard InChI is InChI=1S/C19H22N2O3S/c1-2-15-9-3-4-12-20(15)18(22)13-21-16-10-5-7-14-8-6-11-17(19(14)16)25(21,23)24/h5-8,10-11,15H,2-4,9,12-13H2,1H3/t15-/m0/s1. The van der Waals surface area contributed by atoms with Crippen LogP contribution in [-0.2, 0) is 14.8 Å². The first-order valence-corrected chi connectivity index (χ1v) is 10.3. The number of piperidine rings is 1. The molecule has 2 aliphatic rings. The van der Waals surface area contributed by atoms with Gasteiger partial charge in [0.25, 0.3) is 10.0 Å². The van der Waals surface area contributed by atoms with E-state index in [0.717, 1.165) is 43.0 Å². The Balaban J connectivity index is 1.70. The molecule has 6 heteroatoms. The molecular formula is C19H22N2O3S. The number of anilines is 1. The average Bonchev–Trinajstić information content (AvgIpc) is 2.85. The molecule has 1 atom stereocenters. The van der Waals surface area contributed by atoms with Crippen LogP contribution in [0.15, 0.2) is 41.3 Å². The van der Waals surface area contributed by atoms with Crippen molar-refractivity contribution in [3.63, 3.8) is 0 Å². The maximum atomic E-state index is 13.0. The van der Waals surface area contributed by atoms with E-state index in [-0.39, 0.29) is 18.5 Å². The Morgan fingerprint density at radius 2 is 1.92 bits per heavy atom. The van der Waals surface area contributed by atoms with Crippen molar-refractivity contribution in [2.24, 2.45) is 0 Å². The monoisotopic (exact) mass is 358 g/mol. The molecule has 2 aliphatic heterocycles. The Morgan fingerprint density at radius 3 is 2.68 bits per heavy atom. The van der Waals surface area contributed by atoms with Crippen molar-refractivity contribution in [3.8, 4) is 0 Å². The van der Waals surface area contributed by atoms with Crippen LogP contribution in [-0.4, -0.2) is 38.4 Å². The van der Waals surface area contributed by atoms with Crippen LogP contribution in [0.25, 0.3) is 10.8 Å². The molecule has 0 radical (unpaired) electrons. The maximum Gasteiger partial charge on any atom is 0.265 e. The number of rotatable bonds is 3. The highest BCUT2D eigenvalue weighted by atomic mass is 32.2. The van der Waals surface area contributed by atoms with Gasteiger partial charge in [-0.05, 0) is 43.2 Å². The number of carbonyl (C=O) groups excluding carboxylic acids is 1. The fourth-order valence-corrected chi connectivity index (χ4v) is 5.76. The first-order valence-electron chi connectivity index (χ1n) is 8.88. The molecule has 0 aromatic heterocycles. The zero-order valence-corrected chi connectivity index (χ0v) is 15.1. The van der Waals surface area contributed by atoms with Crippen LogP contribution < -0.4 is 4.31 Å². The van der Waals surface area contributed by atoms with Gasteiger partial charge in [-0.25, -0.2) is 8.42 Å². The van der Waals surface area contributed by atoms with E-state index >= 15 is 0 Å². The Morgan fingerprint density at radius 1 is 1.16 bits per heavy atom. The summed E-state index contributed by atoms with van der Waals surface area (Å²) in [5, 5.41) is 1.61. The summed E-state index contributed by atoms with van der Waals surface area (Å²) in [5.74, 6) is -0.0973. The lowest BCUT2D eigenvalue weighted by molar-refractivity contribution is -0.133. The zero-order valence-electron chi connectivity index (χ0n) is 14.3. The highest BCUT2D eigenvalue weighted by molar-refractivity contribution is 7.93. The van der Waals surface area contributed by atoms with Crippen molar-refractivity contribution >= 4 is 32.4 Å². The predicted octanol–water partition coefficient (Wildman–Crippen LogP) is 3.14. The van der Waals surface area contributed by atoms with Crippen LogP contribution in [0.4, 0.5) is 5.69 Å². The Labute approximate surface area is 148 Å². The molecule has 2 aromatic rings. The Bertz CT molecular complexity index is 934. The third kappa shape index (κ3) is 2.51. The molecule has 25 heavy (non-hydrogen) atoms. The van der Waals surface area contributed by atoms with Crippen LogP contribution in [0.2, 0.25) is 0 Å². The predicted molar refractivity (Wildman–Crippen MR) is 98.1 cm³/mol. The third-order valence-electron chi connectivity index (χ3n) is 5.38. The lowest BCUT2D eigenvalue weighted by Crippen LogP contribution is -2.48. The van der Waals surface area contributed by atoms with Crippen molar-refractivity contribution in [2.45, 2.75) is 43.5 Å². The minimum atomic E-state index is -3.67. The highest BCUT2D eigenvalue weighted by Gasteiger charge is 2.38. The van der Waals surface area contributed by atoms with Gasteiger partial charge in [0.1, 0.15) is 6.54 Å². The van der Waals surface area contributed by atoms with Gasteiger partial charge in [0.15, 0.2) is 0 Å². The molecule has 1 amide bonds. The summed E-state index contributed by atoms with van der Waals surface area (Å²) >= 11 is 0. The molecule has 0 unspecified atom stereocenters. The molecule has 2 aromatic carbocycles. The van der Waals surface area contributed by atoms with E-state index in [9.17, 15) is 13.2 Å². The minimum Gasteiger partial charge on any atom is -0.338 e. The fourth-order valence-electron chi connectivity index (χ4n) is 4.10. The molecule has 0 aliphatic carbocycles. The minimum absolute atomic E-state index is 0.0973. The van der Waals surface area contributed by atoms with Crippen LogP contribution in [0, 0.1) is 0 Å². The number of hydrogen-bond donors (Lipinski definition) is 0. The summed E-state index contributed by atoms with van der Waals surface area (Å²) in [6.07, 6.45) is 4.04. The number of carbonyl (C=O) groups is 1. The van der Waals surface area contributed by atoms with E-state index in [4.69, 9.17) is 0 Å². The van der Waals surface area contributed by atoms with Gasteiger partial charge in [-0.2, -0.15) is 0 Å². The number of nitrogens with zero attached hydrogens (tertiary/aromatic N) is 2. The zero-order chi connectivity index (χ0) is 17.6. The second-order valence-corrected chi connectivity index (χ2v) is 8.62. The molecule has 1 fully saturated rings. The molecule has 0 N–H and O–H groups in total. The van der Waals surface area contributed by atoms with E-state index < -0.39 is 10.0 Å². The van der Waals surface area contributed by atoms with Gasteiger partial charge < -0.3 is 4.90 Å². The number of benzene rings is 2. The highest BCUT2D eigenvalue weighted by Crippen LogP contribution is 2.41. The van der Waals surface area contributed by atoms with E-state index in [2.05, 4.69) is 6.92 Å². The van der Waals surface area contributed by atoms with Gasteiger partial charge in [-0.1, -0.05) is 31.2 Å². The van der Waals surface area contributed by atoms with Crippen molar-refractivity contribution < 1.29 is 13.2 Å². The van der Waals surface area contributed by atoms with Gasteiger partial charge in [-0.15, -0.1) is 0 Å². The first kappa shape index (κ1) is 16.4. The molecule has 5 nitrogen and oxygen atoms in total. The maximum absolute atomic E-state index is 13.0. The summed E-state index contributed by atoms with van der Waals surface area (Å²) in [5.41, 5.74) is 0.617. The second-order valence-electron chi connectivity index (χ2n) is 6.79. The summed E-state index contributed by atoms with van der Waals surface area (Å²) in [6.45, 7) is 2.69. The first-order chi connectivity index (χ1) is 12.0. The molecule has 1 saturated heterocycles. The van der Waals surface area contributed by atoms with Crippen molar-refractivity contribution in [1.82, 2.24) is 4.90 Å². The average molecular weight is 358 g/mol. The summed E-state index contributed by atoms with van der Waals surface area (Å²) in [6, 6.07) is 11.0. The lowest BCUT2D eigenvalue weighted by Gasteiger charge is -2.36. The quantitative estimate of drug-likeness (QED) is 0.847. The van der Waals surface area contributed by atoms with Gasteiger partial charge >= 0.3 is 0 Å². The second kappa shape index (κ2) is 6.02. The van der Waals surface area contributed by atoms with E-state index in [1.807, 2.05) is 23.1 Å². The normalized spacial score (nSPS) is 21.7. The molecule has 0 saturated carbocycles. The molecule has 4 rings (SSSR count). The molecule has 2 heterocycles. The third-order valence-corrected chi connectivity index (χ3v) is 7.18. The smallest absolute Gasteiger partial charge is 0.265 e. The SMILES string of the molecule is CC[C@H]1CCCCN1C(=O)CN1c2cccc3cccc(c23)S1(=O)=O. The van der Waals surface area contributed by atoms with Gasteiger partial charge in [0.05, 0.1) is 10.6 Å². The van der Waals surface area contributed by atoms with Crippen molar-refractivity contribution in [1.29, 1.82) is 0 Å². The summed E-state index contributed by atoms with van der Waals surface area (Å²) < 4.78 is 27.3. The van der Waals surface area contributed by atoms with Crippen LogP contribution >= 0.6 is 0 Å². The van der Waals surface area contributed by atoms with Gasteiger partial charge in [0.2, 0.25) is 5.91 Å². The number of likely N-dealkylation sites (tertiary alicyclic amines) is 1.